The van der Waals surface area contributed by atoms with Crippen LogP contribution < -0.4 is 11.1 Å². The van der Waals surface area contributed by atoms with Crippen LogP contribution in [-0.2, 0) is 11.2 Å². The number of nitrogens with zero attached hydrogens (tertiary/aromatic N) is 1. The van der Waals surface area contributed by atoms with Crippen LogP contribution in [0.5, 0.6) is 0 Å². The molecule has 2 rings (SSSR count). The average Bonchev–Trinajstić information content (AvgIpc) is 2.67. The van der Waals surface area contributed by atoms with Gasteiger partial charge in [-0.1, -0.05) is 25.5 Å². The number of hydrogen-bond donors (Lipinski definition) is 2. The van der Waals surface area contributed by atoms with Crippen molar-refractivity contribution in [1.82, 2.24) is 10.2 Å². The smallest absolute Gasteiger partial charge is 0.324 e. The number of carbonyl (C=O) groups is 2. The molecule has 0 spiro atoms. The fourth-order valence-electron chi connectivity index (χ4n) is 2.46. The molecule has 3 amide bonds. The minimum absolute atomic E-state index is 0.0931. The van der Waals surface area contributed by atoms with Gasteiger partial charge in [0.05, 0.1) is 0 Å². The van der Waals surface area contributed by atoms with Crippen molar-refractivity contribution in [3.63, 3.8) is 0 Å². The van der Waals surface area contributed by atoms with Gasteiger partial charge in [0, 0.05) is 12.2 Å². The third-order valence-corrected chi connectivity index (χ3v) is 3.48. The maximum atomic E-state index is 12.0. The lowest BCUT2D eigenvalue weighted by atomic mass is 10.1. The standard InChI is InChI=1S/C15H21N3O2/c1-2-5-13-14(19)18(15(20)17-13)9-4-7-11-6-3-8-12(16)10-11/h3,6,8,10,13H,2,4-5,7,9,16H2,1H3,(H,17,20). The van der Waals surface area contributed by atoms with Crippen molar-refractivity contribution < 1.29 is 9.59 Å². The number of nitrogens with two attached hydrogens (primary N) is 1. The van der Waals surface area contributed by atoms with Crippen LogP contribution in [0.1, 0.15) is 31.7 Å². The number of benzene rings is 1. The zero-order valence-electron chi connectivity index (χ0n) is 11.8. The Morgan fingerprint density at radius 3 is 2.85 bits per heavy atom. The Hall–Kier alpha value is -2.04. The molecule has 1 atom stereocenters. The Morgan fingerprint density at radius 2 is 2.15 bits per heavy atom. The summed E-state index contributed by atoms with van der Waals surface area (Å²) in [7, 11) is 0. The van der Waals surface area contributed by atoms with Gasteiger partial charge in [-0.3, -0.25) is 9.69 Å². The fourth-order valence-corrected chi connectivity index (χ4v) is 2.46. The molecule has 1 saturated heterocycles. The summed E-state index contributed by atoms with van der Waals surface area (Å²) in [5, 5.41) is 2.73. The number of carbonyl (C=O) groups excluding carboxylic acids is 2. The summed E-state index contributed by atoms with van der Waals surface area (Å²) in [5.74, 6) is -0.0931. The van der Waals surface area contributed by atoms with Crippen LogP contribution >= 0.6 is 0 Å². The number of nitrogens with one attached hydrogen (secondary N) is 1. The van der Waals surface area contributed by atoms with Gasteiger partial charge in [0.15, 0.2) is 0 Å². The van der Waals surface area contributed by atoms with Gasteiger partial charge in [0.1, 0.15) is 6.04 Å². The second kappa shape index (κ2) is 6.41. The highest BCUT2D eigenvalue weighted by molar-refractivity contribution is 6.04. The van der Waals surface area contributed by atoms with E-state index in [0.29, 0.717) is 13.0 Å². The summed E-state index contributed by atoms with van der Waals surface area (Å²) in [5.41, 5.74) is 7.58. The van der Waals surface area contributed by atoms with Gasteiger partial charge in [-0.2, -0.15) is 0 Å². The van der Waals surface area contributed by atoms with E-state index < -0.39 is 0 Å². The molecule has 1 aliphatic heterocycles. The maximum Gasteiger partial charge on any atom is 0.324 e. The van der Waals surface area contributed by atoms with Crippen LogP contribution in [0, 0.1) is 0 Å². The first-order valence-electron chi connectivity index (χ1n) is 7.08. The van der Waals surface area contributed by atoms with Gasteiger partial charge in [-0.25, -0.2) is 4.79 Å². The van der Waals surface area contributed by atoms with E-state index in [4.69, 9.17) is 5.73 Å². The van der Waals surface area contributed by atoms with Gasteiger partial charge in [-0.05, 0) is 37.0 Å². The minimum atomic E-state index is -0.333. The molecule has 1 heterocycles. The number of amides is 3. The second-order valence-corrected chi connectivity index (χ2v) is 5.13. The summed E-state index contributed by atoms with van der Waals surface area (Å²) >= 11 is 0. The normalized spacial score (nSPS) is 18.4. The first-order chi connectivity index (χ1) is 9.61. The lowest BCUT2D eigenvalue weighted by molar-refractivity contribution is -0.127. The second-order valence-electron chi connectivity index (χ2n) is 5.13. The summed E-state index contributed by atoms with van der Waals surface area (Å²) in [6.45, 7) is 2.46. The van der Waals surface area contributed by atoms with E-state index in [0.717, 1.165) is 30.5 Å². The molecule has 1 aromatic rings. The summed E-state index contributed by atoms with van der Waals surface area (Å²) in [4.78, 5) is 25.1. The van der Waals surface area contributed by atoms with Crippen LogP contribution in [0.25, 0.3) is 0 Å². The van der Waals surface area contributed by atoms with Crippen LogP contribution in [0.15, 0.2) is 24.3 Å². The van der Waals surface area contributed by atoms with E-state index in [1.807, 2.05) is 31.2 Å². The predicted octanol–water partition coefficient (Wildman–Crippen LogP) is 1.92. The highest BCUT2D eigenvalue weighted by Crippen LogP contribution is 2.13. The topological polar surface area (TPSA) is 75.4 Å². The molecule has 5 heteroatoms. The SMILES string of the molecule is CCCC1NC(=O)N(CCCc2cccc(N)c2)C1=O. The van der Waals surface area contributed by atoms with Crippen LogP contribution in [0.2, 0.25) is 0 Å². The van der Waals surface area contributed by atoms with E-state index >= 15 is 0 Å². The van der Waals surface area contributed by atoms with Gasteiger partial charge in [0.25, 0.3) is 5.91 Å². The van der Waals surface area contributed by atoms with Crippen molar-refractivity contribution in [2.24, 2.45) is 0 Å². The van der Waals surface area contributed by atoms with Crippen LogP contribution in [0.4, 0.5) is 10.5 Å². The number of anilines is 1. The van der Waals surface area contributed by atoms with Gasteiger partial charge in [-0.15, -0.1) is 0 Å². The molecule has 3 N–H and O–H groups in total. The highest BCUT2D eigenvalue weighted by Gasteiger charge is 2.36. The van der Waals surface area contributed by atoms with Crippen molar-refractivity contribution in [2.45, 2.75) is 38.6 Å². The monoisotopic (exact) mass is 275 g/mol. The molecule has 20 heavy (non-hydrogen) atoms. The lowest BCUT2D eigenvalue weighted by Gasteiger charge is -2.12. The number of imide groups is 1. The molecule has 1 unspecified atom stereocenters. The largest absolute Gasteiger partial charge is 0.399 e. The molecular weight excluding hydrogens is 254 g/mol. The van der Waals surface area contributed by atoms with Gasteiger partial charge < -0.3 is 11.1 Å². The third-order valence-electron chi connectivity index (χ3n) is 3.48. The molecule has 108 valence electrons. The Balaban J connectivity index is 1.85. The number of rotatable bonds is 6. The van der Waals surface area contributed by atoms with E-state index in [2.05, 4.69) is 5.32 Å². The maximum absolute atomic E-state index is 12.0. The lowest BCUT2D eigenvalue weighted by Crippen LogP contribution is -2.32. The highest BCUT2D eigenvalue weighted by atomic mass is 16.2. The van der Waals surface area contributed by atoms with E-state index in [9.17, 15) is 9.59 Å². The third kappa shape index (κ3) is 3.29. The van der Waals surface area contributed by atoms with Crippen molar-refractivity contribution in [3.8, 4) is 0 Å². The number of nitrogen functional groups attached to an aromatic ring is 1. The van der Waals surface area contributed by atoms with Crippen LogP contribution in [-0.4, -0.2) is 29.4 Å². The quantitative estimate of drug-likeness (QED) is 0.615. The number of aryl methyl sites for hydroxylation is 1. The summed E-state index contributed by atoms with van der Waals surface area (Å²) in [6, 6.07) is 7.08. The van der Waals surface area contributed by atoms with Crippen molar-refractivity contribution in [2.75, 3.05) is 12.3 Å². The Bertz CT molecular complexity index is 502. The fraction of sp³-hybridized carbons (Fsp3) is 0.467. The minimum Gasteiger partial charge on any atom is -0.399 e. The van der Waals surface area contributed by atoms with Crippen molar-refractivity contribution in [1.29, 1.82) is 0 Å². The molecule has 0 radical (unpaired) electrons. The summed E-state index contributed by atoms with van der Waals surface area (Å²) in [6.07, 6.45) is 3.14. The van der Waals surface area contributed by atoms with Crippen LogP contribution in [0.3, 0.4) is 0 Å². The van der Waals surface area contributed by atoms with E-state index in [-0.39, 0.29) is 18.0 Å². The molecule has 1 aromatic carbocycles. The molecule has 0 aliphatic carbocycles. The number of urea groups is 1. The van der Waals surface area contributed by atoms with Gasteiger partial charge in [0.2, 0.25) is 0 Å². The molecule has 0 aromatic heterocycles. The van der Waals surface area contributed by atoms with Crippen molar-refractivity contribution >= 4 is 17.6 Å². The Kier molecular flexibility index (Phi) is 4.61. The molecule has 5 nitrogen and oxygen atoms in total. The number of hydrogen-bond acceptors (Lipinski definition) is 3. The zero-order valence-corrected chi connectivity index (χ0v) is 11.8. The predicted molar refractivity (Wildman–Crippen MR) is 78.1 cm³/mol. The molecule has 1 fully saturated rings. The average molecular weight is 275 g/mol. The Labute approximate surface area is 119 Å². The summed E-state index contributed by atoms with van der Waals surface area (Å²) < 4.78 is 0. The van der Waals surface area contributed by atoms with Crippen molar-refractivity contribution in [3.05, 3.63) is 29.8 Å². The first kappa shape index (κ1) is 14.4. The molecule has 0 bridgehead atoms. The zero-order chi connectivity index (χ0) is 14.5. The van der Waals surface area contributed by atoms with E-state index in [1.54, 1.807) is 0 Å². The Morgan fingerprint density at radius 1 is 1.35 bits per heavy atom. The first-order valence-corrected chi connectivity index (χ1v) is 7.08. The molecule has 1 aliphatic rings. The molecular formula is C15H21N3O2. The van der Waals surface area contributed by atoms with Gasteiger partial charge >= 0.3 is 6.03 Å². The van der Waals surface area contributed by atoms with E-state index in [1.165, 1.54) is 4.90 Å². The molecule has 0 saturated carbocycles.